The van der Waals surface area contributed by atoms with E-state index >= 15 is 0 Å². The quantitative estimate of drug-likeness (QED) is 0.528. The van der Waals surface area contributed by atoms with Gasteiger partial charge in [-0.25, -0.2) is 9.67 Å². The number of hydrogen-bond donors (Lipinski definition) is 0. The predicted octanol–water partition coefficient (Wildman–Crippen LogP) is 4.65. The van der Waals surface area contributed by atoms with Crippen molar-refractivity contribution in [1.82, 2.24) is 14.3 Å². The van der Waals surface area contributed by atoms with Crippen LogP contribution in [0.4, 0.5) is 5.69 Å². The SMILES string of the molecule is Cc1c(N=CC2=C(N3CCOCC3)C(=Cc3ccccc3)CC2)c(=O)n(-c2ccccc2)n1C. The number of aromatic nitrogens is 2. The minimum absolute atomic E-state index is 0.103. The van der Waals surface area contributed by atoms with Gasteiger partial charge in [-0.1, -0.05) is 48.5 Å². The normalized spacial score (nSPS) is 17.9. The van der Waals surface area contributed by atoms with Crippen molar-refractivity contribution in [2.75, 3.05) is 26.3 Å². The van der Waals surface area contributed by atoms with Gasteiger partial charge in [-0.2, -0.15) is 0 Å². The van der Waals surface area contributed by atoms with Crippen molar-refractivity contribution in [3.8, 4) is 5.69 Å². The molecule has 6 heteroatoms. The van der Waals surface area contributed by atoms with E-state index in [1.54, 1.807) is 4.68 Å². The molecular formula is C28H30N4O2. The summed E-state index contributed by atoms with van der Waals surface area (Å²) in [5.41, 5.74) is 7.01. The maximum absolute atomic E-state index is 13.3. The van der Waals surface area contributed by atoms with E-state index in [4.69, 9.17) is 9.73 Å². The lowest BCUT2D eigenvalue weighted by atomic mass is 10.1. The van der Waals surface area contributed by atoms with Gasteiger partial charge in [-0.05, 0) is 54.7 Å². The number of benzene rings is 2. The van der Waals surface area contributed by atoms with Gasteiger partial charge in [-0.15, -0.1) is 0 Å². The van der Waals surface area contributed by atoms with Crippen LogP contribution in [0, 0.1) is 6.92 Å². The van der Waals surface area contributed by atoms with E-state index in [1.807, 2.05) is 61.3 Å². The standard InChI is InChI=1S/C28H30N4O2/c1-21-26(28(33)32(30(21)2)25-11-7-4-8-12-25)29-20-24-14-13-23(19-22-9-5-3-6-10-22)27(24)31-15-17-34-18-16-31/h3-12,19-20H,13-18H2,1-2H3. The second-order valence-electron chi connectivity index (χ2n) is 8.72. The lowest BCUT2D eigenvalue weighted by Gasteiger charge is -2.31. The Morgan fingerprint density at radius 3 is 2.32 bits per heavy atom. The van der Waals surface area contributed by atoms with Crippen LogP contribution in [-0.2, 0) is 11.8 Å². The Labute approximate surface area is 200 Å². The van der Waals surface area contributed by atoms with Crippen LogP contribution in [0.2, 0.25) is 0 Å². The van der Waals surface area contributed by atoms with Crippen molar-refractivity contribution in [1.29, 1.82) is 0 Å². The highest BCUT2D eigenvalue weighted by Gasteiger charge is 2.26. The fourth-order valence-corrected chi connectivity index (χ4v) is 4.77. The zero-order valence-electron chi connectivity index (χ0n) is 19.8. The highest BCUT2D eigenvalue weighted by Crippen LogP contribution is 2.35. The second kappa shape index (κ2) is 9.69. The highest BCUT2D eigenvalue weighted by molar-refractivity contribution is 5.85. The fourth-order valence-electron chi connectivity index (χ4n) is 4.77. The molecule has 2 heterocycles. The van der Waals surface area contributed by atoms with Crippen molar-refractivity contribution in [3.63, 3.8) is 0 Å². The summed E-state index contributed by atoms with van der Waals surface area (Å²) in [6, 6.07) is 20.1. The second-order valence-corrected chi connectivity index (χ2v) is 8.72. The zero-order valence-corrected chi connectivity index (χ0v) is 19.8. The van der Waals surface area contributed by atoms with Gasteiger partial charge in [0.15, 0.2) is 5.69 Å². The van der Waals surface area contributed by atoms with Gasteiger partial charge in [0.1, 0.15) is 0 Å². The number of morpholine rings is 1. The predicted molar refractivity (Wildman–Crippen MR) is 137 cm³/mol. The molecule has 0 amide bonds. The largest absolute Gasteiger partial charge is 0.378 e. The van der Waals surface area contributed by atoms with Crippen LogP contribution >= 0.6 is 0 Å². The van der Waals surface area contributed by atoms with Gasteiger partial charge in [-0.3, -0.25) is 9.48 Å². The Bertz CT molecular complexity index is 1310. The molecule has 2 aromatic carbocycles. The molecule has 0 spiro atoms. The summed E-state index contributed by atoms with van der Waals surface area (Å²) >= 11 is 0. The molecule has 1 aliphatic heterocycles. The van der Waals surface area contributed by atoms with Crippen LogP contribution in [0.1, 0.15) is 24.1 Å². The molecule has 1 aliphatic carbocycles. The molecule has 34 heavy (non-hydrogen) atoms. The van der Waals surface area contributed by atoms with E-state index in [2.05, 4.69) is 35.2 Å². The molecule has 0 N–H and O–H groups in total. The molecule has 0 unspecified atom stereocenters. The van der Waals surface area contributed by atoms with Crippen molar-refractivity contribution in [2.24, 2.45) is 12.0 Å². The summed E-state index contributed by atoms with van der Waals surface area (Å²) < 4.78 is 9.15. The zero-order chi connectivity index (χ0) is 23.5. The van der Waals surface area contributed by atoms with Crippen LogP contribution in [0.5, 0.6) is 0 Å². The maximum Gasteiger partial charge on any atom is 0.297 e. The minimum atomic E-state index is -0.103. The smallest absolute Gasteiger partial charge is 0.297 e. The Morgan fingerprint density at radius 2 is 1.62 bits per heavy atom. The lowest BCUT2D eigenvalue weighted by Crippen LogP contribution is -2.36. The molecule has 6 nitrogen and oxygen atoms in total. The summed E-state index contributed by atoms with van der Waals surface area (Å²) in [6.07, 6.45) is 6.07. The van der Waals surface area contributed by atoms with E-state index in [9.17, 15) is 4.79 Å². The molecular weight excluding hydrogens is 424 g/mol. The molecule has 2 aliphatic rings. The van der Waals surface area contributed by atoms with Gasteiger partial charge < -0.3 is 9.64 Å². The van der Waals surface area contributed by atoms with E-state index in [1.165, 1.54) is 22.4 Å². The van der Waals surface area contributed by atoms with E-state index in [-0.39, 0.29) is 5.56 Å². The van der Waals surface area contributed by atoms with Gasteiger partial charge >= 0.3 is 0 Å². The fraction of sp³-hybridized carbons (Fsp3) is 0.286. The Hall–Kier alpha value is -3.64. The molecule has 1 aromatic heterocycles. The first-order valence-electron chi connectivity index (χ1n) is 11.8. The minimum Gasteiger partial charge on any atom is -0.378 e. The van der Waals surface area contributed by atoms with Gasteiger partial charge in [0, 0.05) is 32.0 Å². The number of aliphatic imine (C=N–C) groups is 1. The third kappa shape index (κ3) is 4.29. The Morgan fingerprint density at radius 1 is 0.941 bits per heavy atom. The number of allylic oxidation sites excluding steroid dienone is 2. The maximum atomic E-state index is 13.3. The summed E-state index contributed by atoms with van der Waals surface area (Å²) in [4.78, 5) is 20.4. The number of hydrogen-bond acceptors (Lipinski definition) is 4. The van der Waals surface area contributed by atoms with E-state index < -0.39 is 0 Å². The average Bonchev–Trinajstić information content (AvgIpc) is 3.37. The number of rotatable bonds is 5. The van der Waals surface area contributed by atoms with Crippen molar-refractivity contribution < 1.29 is 4.74 Å². The number of ether oxygens (including phenoxy) is 1. The van der Waals surface area contributed by atoms with Crippen LogP contribution in [0.3, 0.4) is 0 Å². The first kappa shape index (κ1) is 22.2. The van der Waals surface area contributed by atoms with Crippen LogP contribution in [0.25, 0.3) is 11.8 Å². The first-order valence-corrected chi connectivity index (χ1v) is 11.8. The molecule has 5 rings (SSSR count). The van der Waals surface area contributed by atoms with Crippen molar-refractivity contribution in [3.05, 3.63) is 99.1 Å². The Kier molecular flexibility index (Phi) is 6.32. The van der Waals surface area contributed by atoms with Crippen LogP contribution in [0.15, 0.2) is 87.3 Å². The Balaban J connectivity index is 1.54. The monoisotopic (exact) mass is 454 g/mol. The molecule has 0 atom stereocenters. The van der Waals surface area contributed by atoms with Gasteiger partial charge in [0.05, 0.1) is 24.6 Å². The van der Waals surface area contributed by atoms with Crippen molar-refractivity contribution in [2.45, 2.75) is 19.8 Å². The van der Waals surface area contributed by atoms with Crippen molar-refractivity contribution >= 4 is 18.0 Å². The van der Waals surface area contributed by atoms with Crippen LogP contribution < -0.4 is 5.56 Å². The highest BCUT2D eigenvalue weighted by atomic mass is 16.5. The molecule has 0 radical (unpaired) electrons. The summed E-state index contributed by atoms with van der Waals surface area (Å²) in [6.45, 7) is 5.13. The number of para-hydroxylation sites is 1. The number of nitrogens with zero attached hydrogens (tertiary/aromatic N) is 4. The van der Waals surface area contributed by atoms with Crippen LogP contribution in [-0.4, -0.2) is 46.8 Å². The molecule has 0 bridgehead atoms. The van der Waals surface area contributed by atoms with Gasteiger partial charge in [0.2, 0.25) is 0 Å². The molecule has 1 saturated heterocycles. The summed E-state index contributed by atoms with van der Waals surface area (Å²) in [5, 5.41) is 0. The summed E-state index contributed by atoms with van der Waals surface area (Å²) in [5.74, 6) is 0. The molecule has 1 fully saturated rings. The first-order chi connectivity index (χ1) is 16.6. The topological polar surface area (TPSA) is 51.8 Å². The third-order valence-corrected chi connectivity index (χ3v) is 6.61. The third-order valence-electron chi connectivity index (χ3n) is 6.61. The lowest BCUT2D eigenvalue weighted by molar-refractivity contribution is 0.0548. The van der Waals surface area contributed by atoms with E-state index in [0.29, 0.717) is 5.69 Å². The molecule has 174 valence electrons. The molecule has 3 aromatic rings. The summed E-state index contributed by atoms with van der Waals surface area (Å²) in [7, 11) is 1.90. The van der Waals surface area contributed by atoms with Gasteiger partial charge in [0.25, 0.3) is 5.56 Å². The van der Waals surface area contributed by atoms with E-state index in [0.717, 1.165) is 50.5 Å². The average molecular weight is 455 g/mol. The molecule has 0 saturated carbocycles.